The van der Waals surface area contributed by atoms with E-state index in [-0.39, 0.29) is 11.7 Å². The Morgan fingerprint density at radius 3 is 2.81 bits per heavy atom. The van der Waals surface area contributed by atoms with Crippen molar-refractivity contribution in [1.82, 2.24) is 15.1 Å². The number of hydrogen-bond acceptors (Lipinski definition) is 3. The van der Waals surface area contributed by atoms with E-state index in [0.717, 1.165) is 5.69 Å². The van der Waals surface area contributed by atoms with Gasteiger partial charge in [0.25, 0.3) is 5.91 Å². The molecule has 1 heterocycles. The Morgan fingerprint density at radius 1 is 1.23 bits per heavy atom. The van der Waals surface area contributed by atoms with Gasteiger partial charge in [-0.25, -0.2) is 9.07 Å². The highest BCUT2D eigenvalue weighted by Gasteiger charge is 2.09. The Balaban J connectivity index is 1.44. The van der Waals surface area contributed by atoms with E-state index in [1.54, 1.807) is 35.1 Å². The van der Waals surface area contributed by atoms with Gasteiger partial charge in [0.2, 0.25) is 0 Å². The summed E-state index contributed by atoms with van der Waals surface area (Å²) < 4.78 is 19.9. The van der Waals surface area contributed by atoms with E-state index in [1.807, 2.05) is 12.1 Å². The summed E-state index contributed by atoms with van der Waals surface area (Å²) >= 11 is 5.96. The molecule has 0 aliphatic rings. The van der Waals surface area contributed by atoms with Gasteiger partial charge in [-0.15, -0.1) is 0 Å². The van der Waals surface area contributed by atoms with Crippen LogP contribution in [0.4, 0.5) is 4.39 Å². The maximum absolute atomic E-state index is 12.8. The molecule has 0 fully saturated rings. The zero-order valence-electron chi connectivity index (χ0n) is 13.9. The molecule has 0 atom stereocenters. The van der Waals surface area contributed by atoms with Crippen molar-refractivity contribution < 1.29 is 13.9 Å². The first-order chi connectivity index (χ1) is 12.6. The van der Waals surface area contributed by atoms with Crippen molar-refractivity contribution in [1.29, 1.82) is 0 Å². The maximum atomic E-state index is 12.8. The first kappa shape index (κ1) is 17.9. The molecule has 1 aromatic heterocycles. The molecule has 1 N–H and O–H groups in total. The fourth-order valence-corrected chi connectivity index (χ4v) is 2.48. The Morgan fingerprint density at radius 2 is 2.04 bits per heavy atom. The van der Waals surface area contributed by atoms with Crippen LogP contribution in [0, 0.1) is 5.82 Å². The monoisotopic (exact) mass is 373 g/mol. The molecule has 0 aliphatic carbocycles. The van der Waals surface area contributed by atoms with E-state index < -0.39 is 0 Å². The Kier molecular flexibility index (Phi) is 5.86. The van der Waals surface area contributed by atoms with Gasteiger partial charge in [0, 0.05) is 17.8 Å². The first-order valence-electron chi connectivity index (χ1n) is 8.09. The SMILES string of the molecule is O=C(NCCCOc1ccc(F)cc1)c1cnn(-c2cccc(Cl)c2)c1. The minimum atomic E-state index is -0.303. The molecule has 0 unspecified atom stereocenters. The number of ether oxygens (including phenoxy) is 1. The number of benzene rings is 2. The summed E-state index contributed by atoms with van der Waals surface area (Å²) in [5.41, 5.74) is 1.24. The smallest absolute Gasteiger partial charge is 0.254 e. The molecule has 0 aliphatic heterocycles. The zero-order valence-corrected chi connectivity index (χ0v) is 14.6. The average molecular weight is 374 g/mol. The van der Waals surface area contributed by atoms with Crippen LogP contribution in [0.1, 0.15) is 16.8 Å². The van der Waals surface area contributed by atoms with Crippen LogP contribution in [0.2, 0.25) is 5.02 Å². The summed E-state index contributed by atoms with van der Waals surface area (Å²) in [4.78, 5) is 12.2. The molecule has 1 amide bonds. The lowest BCUT2D eigenvalue weighted by atomic mass is 10.3. The van der Waals surface area contributed by atoms with Crippen LogP contribution in [0.15, 0.2) is 60.9 Å². The lowest BCUT2D eigenvalue weighted by molar-refractivity contribution is 0.0951. The number of nitrogens with one attached hydrogen (secondary N) is 1. The van der Waals surface area contributed by atoms with E-state index in [2.05, 4.69) is 10.4 Å². The van der Waals surface area contributed by atoms with Gasteiger partial charge < -0.3 is 10.1 Å². The average Bonchev–Trinajstić information content (AvgIpc) is 3.13. The van der Waals surface area contributed by atoms with Crippen LogP contribution in [-0.2, 0) is 0 Å². The van der Waals surface area contributed by atoms with Crippen molar-refractivity contribution in [3.05, 3.63) is 77.3 Å². The van der Waals surface area contributed by atoms with Gasteiger partial charge in [0.05, 0.1) is 24.1 Å². The molecule has 7 heteroatoms. The third kappa shape index (κ3) is 4.83. The van der Waals surface area contributed by atoms with E-state index in [9.17, 15) is 9.18 Å². The second kappa shape index (κ2) is 8.49. The summed E-state index contributed by atoms with van der Waals surface area (Å²) in [6.07, 6.45) is 3.78. The summed E-state index contributed by atoms with van der Waals surface area (Å²) in [5.74, 6) is 0.0866. The van der Waals surface area contributed by atoms with Crippen LogP contribution in [0.3, 0.4) is 0 Å². The lowest BCUT2D eigenvalue weighted by Gasteiger charge is -2.06. The molecule has 3 aromatic rings. The third-order valence-corrected chi connectivity index (χ3v) is 3.84. The zero-order chi connectivity index (χ0) is 18.4. The van der Waals surface area contributed by atoms with Crippen molar-refractivity contribution in [3.63, 3.8) is 0 Å². The number of amides is 1. The van der Waals surface area contributed by atoms with E-state index in [0.29, 0.717) is 35.9 Å². The minimum Gasteiger partial charge on any atom is -0.494 e. The molecule has 0 saturated heterocycles. The number of nitrogens with zero attached hydrogens (tertiary/aromatic N) is 2. The molecule has 3 rings (SSSR count). The predicted octanol–water partition coefficient (Wildman–Crippen LogP) is 3.86. The molecule has 2 aromatic carbocycles. The Labute approximate surface area is 155 Å². The highest BCUT2D eigenvalue weighted by atomic mass is 35.5. The summed E-state index contributed by atoms with van der Waals surface area (Å²) in [5, 5.41) is 7.60. The molecule has 0 saturated carbocycles. The molecular weight excluding hydrogens is 357 g/mol. The largest absolute Gasteiger partial charge is 0.494 e. The van der Waals surface area contributed by atoms with Crippen molar-refractivity contribution >= 4 is 17.5 Å². The quantitative estimate of drug-likeness (QED) is 0.640. The summed E-state index contributed by atoms with van der Waals surface area (Å²) in [6.45, 7) is 0.885. The maximum Gasteiger partial charge on any atom is 0.254 e. The third-order valence-electron chi connectivity index (χ3n) is 3.61. The number of halogens is 2. The molecule has 26 heavy (non-hydrogen) atoms. The van der Waals surface area contributed by atoms with Gasteiger partial charge in [-0.1, -0.05) is 17.7 Å². The van der Waals surface area contributed by atoms with Gasteiger partial charge in [0.1, 0.15) is 11.6 Å². The number of rotatable bonds is 7. The molecule has 0 bridgehead atoms. The van der Waals surface area contributed by atoms with Crippen molar-refractivity contribution in [2.75, 3.05) is 13.2 Å². The Hall–Kier alpha value is -2.86. The van der Waals surface area contributed by atoms with Crippen molar-refractivity contribution in [2.24, 2.45) is 0 Å². The second-order valence-corrected chi connectivity index (χ2v) is 6.00. The van der Waals surface area contributed by atoms with Crippen LogP contribution >= 0.6 is 11.6 Å². The number of hydrogen-bond donors (Lipinski definition) is 1. The minimum absolute atomic E-state index is 0.208. The standard InChI is InChI=1S/C19H17ClFN3O2/c20-15-3-1-4-17(11-15)24-13-14(12-23-24)19(25)22-9-2-10-26-18-7-5-16(21)6-8-18/h1,3-8,11-13H,2,9-10H2,(H,22,25). The van der Waals surface area contributed by atoms with Gasteiger partial charge in [-0.3, -0.25) is 4.79 Å². The summed E-state index contributed by atoms with van der Waals surface area (Å²) in [6, 6.07) is 13.0. The van der Waals surface area contributed by atoms with E-state index in [1.165, 1.54) is 18.3 Å². The molecule has 134 valence electrons. The van der Waals surface area contributed by atoms with Crippen molar-refractivity contribution in [2.45, 2.75) is 6.42 Å². The molecular formula is C19H17ClFN3O2. The lowest BCUT2D eigenvalue weighted by Crippen LogP contribution is -2.25. The second-order valence-electron chi connectivity index (χ2n) is 5.57. The van der Waals surface area contributed by atoms with Gasteiger partial charge >= 0.3 is 0 Å². The van der Waals surface area contributed by atoms with Crippen LogP contribution in [0.5, 0.6) is 5.75 Å². The van der Waals surface area contributed by atoms with Gasteiger partial charge in [-0.05, 0) is 48.9 Å². The fraction of sp³-hybridized carbons (Fsp3) is 0.158. The van der Waals surface area contributed by atoms with Crippen LogP contribution in [-0.4, -0.2) is 28.8 Å². The van der Waals surface area contributed by atoms with Gasteiger partial charge in [-0.2, -0.15) is 5.10 Å². The van der Waals surface area contributed by atoms with Crippen LogP contribution < -0.4 is 10.1 Å². The predicted molar refractivity (Wildman–Crippen MR) is 97.4 cm³/mol. The first-order valence-corrected chi connectivity index (χ1v) is 8.47. The summed E-state index contributed by atoms with van der Waals surface area (Å²) in [7, 11) is 0. The van der Waals surface area contributed by atoms with Crippen molar-refractivity contribution in [3.8, 4) is 11.4 Å². The number of carbonyl (C=O) groups is 1. The highest BCUT2D eigenvalue weighted by Crippen LogP contribution is 2.14. The number of carbonyl (C=O) groups excluding carboxylic acids is 1. The highest BCUT2D eigenvalue weighted by molar-refractivity contribution is 6.30. The fourth-order valence-electron chi connectivity index (χ4n) is 2.30. The topological polar surface area (TPSA) is 56.1 Å². The van der Waals surface area contributed by atoms with Gasteiger partial charge in [0.15, 0.2) is 0 Å². The molecule has 0 spiro atoms. The van der Waals surface area contributed by atoms with E-state index in [4.69, 9.17) is 16.3 Å². The molecule has 5 nitrogen and oxygen atoms in total. The number of aromatic nitrogens is 2. The van der Waals surface area contributed by atoms with E-state index >= 15 is 0 Å². The van der Waals surface area contributed by atoms with Crippen LogP contribution in [0.25, 0.3) is 5.69 Å². The normalized spacial score (nSPS) is 10.5. The molecule has 0 radical (unpaired) electrons. The Bertz CT molecular complexity index is 881.